The number of methoxy groups -OCH3 is 1. The molecule has 4 aromatic rings. The minimum absolute atomic E-state index is 0.249. The van der Waals surface area contributed by atoms with E-state index in [2.05, 4.69) is 10.2 Å². The minimum atomic E-state index is 0.249. The molecule has 2 aromatic carbocycles. The van der Waals surface area contributed by atoms with Crippen LogP contribution in [0.1, 0.15) is 0 Å². The normalized spacial score (nSPS) is 10.9. The number of aromatic hydroxyl groups is 1. The highest BCUT2D eigenvalue weighted by Crippen LogP contribution is 2.30. The zero-order valence-electron chi connectivity index (χ0n) is 13.0. The maximum absolute atomic E-state index is 9.45. The van der Waals surface area contributed by atoms with E-state index in [0.29, 0.717) is 0 Å². The Kier molecular flexibility index (Phi) is 3.39. The average molecular weight is 317 g/mol. The van der Waals surface area contributed by atoms with Crippen molar-refractivity contribution in [2.45, 2.75) is 0 Å². The zero-order valence-corrected chi connectivity index (χ0v) is 13.0. The van der Waals surface area contributed by atoms with Gasteiger partial charge in [0.2, 0.25) is 0 Å². The molecule has 118 valence electrons. The van der Waals surface area contributed by atoms with Crippen LogP contribution in [0.5, 0.6) is 11.5 Å². The quantitative estimate of drug-likeness (QED) is 0.625. The summed E-state index contributed by atoms with van der Waals surface area (Å²) in [5.41, 5.74) is 3.67. The van der Waals surface area contributed by atoms with Crippen molar-refractivity contribution in [1.29, 1.82) is 0 Å². The molecule has 0 saturated carbocycles. The molecular weight excluding hydrogens is 302 g/mol. The summed E-state index contributed by atoms with van der Waals surface area (Å²) in [6, 6.07) is 18.8. The number of para-hydroxylation sites is 1. The number of fused-ring (bicyclic) bond motifs is 1. The molecule has 0 aliphatic carbocycles. The summed E-state index contributed by atoms with van der Waals surface area (Å²) in [6.07, 6.45) is 1.99. The van der Waals surface area contributed by atoms with E-state index in [9.17, 15) is 5.11 Å². The van der Waals surface area contributed by atoms with Gasteiger partial charge in [-0.1, -0.05) is 24.3 Å². The van der Waals surface area contributed by atoms with Gasteiger partial charge >= 0.3 is 0 Å². The summed E-state index contributed by atoms with van der Waals surface area (Å²) < 4.78 is 7.38. The molecule has 2 heterocycles. The second kappa shape index (κ2) is 5.70. The number of nitrogens with zero attached hydrogens (tertiary/aromatic N) is 3. The van der Waals surface area contributed by atoms with Crippen LogP contribution in [-0.4, -0.2) is 26.8 Å². The molecule has 5 nitrogen and oxygen atoms in total. The Bertz CT molecular complexity index is 1010. The monoisotopic (exact) mass is 317 g/mol. The molecule has 4 rings (SSSR count). The lowest BCUT2D eigenvalue weighted by molar-refractivity contribution is 0.416. The Morgan fingerprint density at radius 1 is 0.875 bits per heavy atom. The van der Waals surface area contributed by atoms with E-state index in [1.807, 2.05) is 59.1 Å². The first-order valence-corrected chi connectivity index (χ1v) is 7.54. The van der Waals surface area contributed by atoms with Gasteiger partial charge in [-0.3, -0.25) is 4.40 Å². The number of rotatable bonds is 3. The lowest BCUT2D eigenvalue weighted by atomic mass is 10.1. The van der Waals surface area contributed by atoms with E-state index in [0.717, 1.165) is 33.9 Å². The second-order valence-corrected chi connectivity index (χ2v) is 5.42. The maximum atomic E-state index is 9.45. The first-order valence-electron chi connectivity index (χ1n) is 7.54. The molecule has 2 aromatic heterocycles. The number of pyridine rings is 1. The largest absolute Gasteiger partial charge is 0.508 e. The topological polar surface area (TPSA) is 59.7 Å². The smallest absolute Gasteiger partial charge is 0.172 e. The van der Waals surface area contributed by atoms with Crippen LogP contribution in [0.2, 0.25) is 0 Å². The van der Waals surface area contributed by atoms with Crippen molar-refractivity contribution < 1.29 is 9.84 Å². The van der Waals surface area contributed by atoms with Gasteiger partial charge in [0.05, 0.1) is 12.7 Å². The molecule has 0 spiro atoms. The number of aromatic nitrogens is 3. The Morgan fingerprint density at radius 2 is 1.62 bits per heavy atom. The predicted molar refractivity (Wildman–Crippen MR) is 92.1 cm³/mol. The van der Waals surface area contributed by atoms with Crippen molar-refractivity contribution in [3.05, 3.63) is 66.9 Å². The van der Waals surface area contributed by atoms with E-state index >= 15 is 0 Å². The van der Waals surface area contributed by atoms with Crippen LogP contribution in [-0.2, 0) is 0 Å². The fourth-order valence-electron chi connectivity index (χ4n) is 2.73. The Morgan fingerprint density at radius 3 is 2.42 bits per heavy atom. The molecule has 0 bridgehead atoms. The van der Waals surface area contributed by atoms with Crippen LogP contribution in [0.4, 0.5) is 0 Å². The van der Waals surface area contributed by atoms with Crippen molar-refractivity contribution in [3.63, 3.8) is 0 Å². The Balaban J connectivity index is 1.89. The highest BCUT2D eigenvalue weighted by molar-refractivity contribution is 5.70. The van der Waals surface area contributed by atoms with Crippen LogP contribution in [0, 0.1) is 0 Å². The van der Waals surface area contributed by atoms with Gasteiger partial charge in [0.25, 0.3) is 0 Å². The van der Waals surface area contributed by atoms with E-state index < -0.39 is 0 Å². The third-order valence-electron chi connectivity index (χ3n) is 3.95. The molecule has 0 unspecified atom stereocenters. The van der Waals surface area contributed by atoms with Crippen molar-refractivity contribution >= 4 is 5.65 Å². The number of hydrogen-bond acceptors (Lipinski definition) is 4. The molecule has 0 aliphatic heterocycles. The highest BCUT2D eigenvalue weighted by Gasteiger charge is 2.13. The van der Waals surface area contributed by atoms with Crippen LogP contribution < -0.4 is 4.74 Å². The molecule has 0 aliphatic rings. The molecule has 1 N–H and O–H groups in total. The fraction of sp³-hybridized carbons (Fsp3) is 0.0526. The van der Waals surface area contributed by atoms with Crippen LogP contribution >= 0.6 is 0 Å². The number of hydrogen-bond donors (Lipinski definition) is 1. The third kappa shape index (κ3) is 2.36. The van der Waals surface area contributed by atoms with Gasteiger partial charge in [0.1, 0.15) is 11.5 Å². The van der Waals surface area contributed by atoms with Gasteiger partial charge in [-0.2, -0.15) is 0 Å². The summed E-state index contributed by atoms with van der Waals surface area (Å²) in [5.74, 6) is 1.73. The predicted octanol–water partition coefficient (Wildman–Crippen LogP) is 3.78. The van der Waals surface area contributed by atoms with Crippen molar-refractivity contribution in [2.75, 3.05) is 7.11 Å². The molecule has 0 amide bonds. The third-order valence-corrected chi connectivity index (χ3v) is 3.95. The minimum Gasteiger partial charge on any atom is -0.508 e. The van der Waals surface area contributed by atoms with Crippen LogP contribution in [0.3, 0.4) is 0 Å². The molecule has 24 heavy (non-hydrogen) atoms. The zero-order chi connectivity index (χ0) is 16.5. The molecule has 0 saturated heterocycles. The molecule has 0 fully saturated rings. The maximum Gasteiger partial charge on any atom is 0.172 e. The number of phenols is 1. The Labute approximate surface area is 138 Å². The summed E-state index contributed by atoms with van der Waals surface area (Å²) in [7, 11) is 1.64. The molecule has 0 atom stereocenters. The first kappa shape index (κ1) is 14.3. The standard InChI is InChI=1S/C19H15N3O2/c1-24-17-5-3-2-4-16(17)19-21-20-18-11-8-14(12-22(18)19)13-6-9-15(23)10-7-13/h2-12,23H,1H3. The van der Waals surface area contributed by atoms with Crippen molar-refractivity contribution in [1.82, 2.24) is 14.6 Å². The van der Waals surface area contributed by atoms with E-state index in [1.54, 1.807) is 19.2 Å². The van der Waals surface area contributed by atoms with Gasteiger partial charge in [0, 0.05) is 6.20 Å². The Hall–Kier alpha value is -3.34. The van der Waals surface area contributed by atoms with Gasteiger partial charge < -0.3 is 9.84 Å². The number of phenolic OH excluding ortho intramolecular Hbond substituents is 1. The van der Waals surface area contributed by atoms with E-state index in [4.69, 9.17) is 4.74 Å². The first-order chi connectivity index (χ1) is 11.8. The second-order valence-electron chi connectivity index (χ2n) is 5.42. The summed E-state index contributed by atoms with van der Waals surface area (Å²) in [4.78, 5) is 0. The number of ether oxygens (including phenoxy) is 1. The number of benzene rings is 2. The van der Waals surface area contributed by atoms with E-state index in [-0.39, 0.29) is 5.75 Å². The summed E-state index contributed by atoms with van der Waals surface area (Å²) >= 11 is 0. The SMILES string of the molecule is COc1ccccc1-c1nnc2ccc(-c3ccc(O)cc3)cn12. The lowest BCUT2D eigenvalue weighted by Gasteiger charge is -2.08. The van der Waals surface area contributed by atoms with Crippen LogP contribution in [0.15, 0.2) is 66.9 Å². The fourth-order valence-corrected chi connectivity index (χ4v) is 2.73. The van der Waals surface area contributed by atoms with Crippen LogP contribution in [0.25, 0.3) is 28.2 Å². The average Bonchev–Trinajstić information content (AvgIpc) is 3.05. The molecule has 5 heteroatoms. The summed E-state index contributed by atoms with van der Waals surface area (Å²) in [6.45, 7) is 0. The van der Waals surface area contributed by atoms with Gasteiger partial charge in [0.15, 0.2) is 11.5 Å². The highest BCUT2D eigenvalue weighted by atomic mass is 16.5. The van der Waals surface area contributed by atoms with Gasteiger partial charge in [-0.25, -0.2) is 0 Å². The molecular formula is C19H15N3O2. The molecule has 0 radical (unpaired) electrons. The van der Waals surface area contributed by atoms with Gasteiger partial charge in [-0.05, 0) is 47.5 Å². The van der Waals surface area contributed by atoms with Crippen molar-refractivity contribution in [2.24, 2.45) is 0 Å². The van der Waals surface area contributed by atoms with E-state index in [1.165, 1.54) is 0 Å². The van der Waals surface area contributed by atoms with Gasteiger partial charge in [-0.15, -0.1) is 10.2 Å². The lowest BCUT2D eigenvalue weighted by Crippen LogP contribution is -1.93. The van der Waals surface area contributed by atoms with Crippen molar-refractivity contribution in [3.8, 4) is 34.0 Å². The summed E-state index contributed by atoms with van der Waals surface area (Å²) in [5, 5.41) is 18.0.